The number of nitrogens with zero attached hydrogens (tertiary/aromatic N) is 3. The van der Waals surface area contributed by atoms with E-state index in [0.717, 1.165) is 49.1 Å². The molecule has 26 heavy (non-hydrogen) atoms. The van der Waals surface area contributed by atoms with E-state index in [-0.39, 0.29) is 12.7 Å². The highest BCUT2D eigenvalue weighted by Gasteiger charge is 2.19. The van der Waals surface area contributed by atoms with Gasteiger partial charge in [0.1, 0.15) is 0 Å². The van der Waals surface area contributed by atoms with Gasteiger partial charge in [-0.2, -0.15) is 0 Å². The third-order valence-corrected chi connectivity index (χ3v) is 5.51. The molecule has 2 aliphatic heterocycles. The molecule has 1 saturated heterocycles. The number of hydrogen-bond donors (Lipinski definition) is 1. The maximum atomic E-state index is 12.4. The minimum atomic E-state index is -0.0117. The second-order valence-corrected chi connectivity index (χ2v) is 7.34. The Morgan fingerprint density at radius 2 is 2.12 bits per heavy atom. The minimum Gasteiger partial charge on any atom is -0.454 e. The van der Waals surface area contributed by atoms with Crippen LogP contribution < -0.4 is 19.7 Å². The topological polar surface area (TPSA) is 66.9 Å². The number of carbonyl (C=O) groups is 1. The largest absolute Gasteiger partial charge is 0.454 e. The molecule has 0 saturated carbocycles. The molecule has 0 aliphatic carbocycles. The smallest absolute Gasteiger partial charge is 0.238 e. The molecule has 1 aromatic carbocycles. The number of amides is 1. The number of carbonyl (C=O) groups excluding carboxylic acids is 1. The molecule has 0 bridgehead atoms. The molecule has 1 aromatic heterocycles. The molecular formula is C18H22N4O3S. The Kier molecular flexibility index (Phi) is 4.94. The maximum absolute atomic E-state index is 12.4. The summed E-state index contributed by atoms with van der Waals surface area (Å²) in [5.74, 6) is 1.38. The van der Waals surface area contributed by atoms with Gasteiger partial charge in [0, 0.05) is 43.3 Å². The summed E-state index contributed by atoms with van der Waals surface area (Å²) < 4.78 is 10.6. The molecule has 2 aliphatic rings. The Bertz CT molecular complexity index is 794. The number of aryl methyl sites for hydroxylation is 1. The van der Waals surface area contributed by atoms with Crippen LogP contribution in [0.5, 0.6) is 11.5 Å². The van der Waals surface area contributed by atoms with Crippen molar-refractivity contribution in [3.63, 3.8) is 0 Å². The molecule has 0 spiro atoms. The fraction of sp³-hybridized carbons (Fsp3) is 0.444. The molecule has 0 atom stereocenters. The van der Waals surface area contributed by atoms with Crippen molar-refractivity contribution in [3.05, 3.63) is 29.3 Å². The van der Waals surface area contributed by atoms with E-state index in [1.54, 1.807) is 17.4 Å². The third-order valence-electron chi connectivity index (χ3n) is 4.49. The maximum Gasteiger partial charge on any atom is 0.238 e. The van der Waals surface area contributed by atoms with Gasteiger partial charge in [-0.05, 0) is 25.5 Å². The zero-order valence-electron chi connectivity index (χ0n) is 14.7. The normalized spacial score (nSPS) is 17.2. The van der Waals surface area contributed by atoms with E-state index in [0.29, 0.717) is 18.0 Å². The van der Waals surface area contributed by atoms with E-state index >= 15 is 0 Å². The first-order valence-corrected chi connectivity index (χ1v) is 9.64. The molecule has 2 aromatic rings. The predicted octanol–water partition coefficient (Wildman–Crippen LogP) is 2.33. The van der Waals surface area contributed by atoms with Crippen molar-refractivity contribution >= 4 is 28.1 Å². The van der Waals surface area contributed by atoms with Crippen LogP contribution in [0.1, 0.15) is 12.1 Å². The number of thiazole rings is 1. The fourth-order valence-corrected chi connectivity index (χ4v) is 4.04. The van der Waals surface area contributed by atoms with E-state index in [1.807, 2.05) is 19.1 Å². The van der Waals surface area contributed by atoms with Gasteiger partial charge in [-0.3, -0.25) is 9.69 Å². The Morgan fingerprint density at radius 3 is 2.96 bits per heavy atom. The van der Waals surface area contributed by atoms with Crippen LogP contribution in [0.15, 0.2) is 23.6 Å². The van der Waals surface area contributed by atoms with Crippen LogP contribution in [0, 0.1) is 6.92 Å². The lowest BCUT2D eigenvalue weighted by atomic mass is 10.2. The number of aromatic nitrogens is 1. The molecule has 0 radical (unpaired) electrons. The number of nitrogens with one attached hydrogen (secondary N) is 1. The number of fused-ring (bicyclic) bond motifs is 1. The molecule has 8 heteroatoms. The molecule has 7 nitrogen and oxygen atoms in total. The lowest BCUT2D eigenvalue weighted by Crippen LogP contribution is -2.36. The van der Waals surface area contributed by atoms with Gasteiger partial charge in [-0.1, -0.05) is 0 Å². The van der Waals surface area contributed by atoms with Crippen LogP contribution in [-0.2, 0) is 4.79 Å². The van der Waals surface area contributed by atoms with Gasteiger partial charge < -0.3 is 19.7 Å². The summed E-state index contributed by atoms with van der Waals surface area (Å²) in [5, 5.41) is 6.10. The second kappa shape index (κ2) is 7.51. The summed E-state index contributed by atoms with van der Waals surface area (Å²) in [6.45, 7) is 6.28. The molecular weight excluding hydrogens is 352 g/mol. The van der Waals surface area contributed by atoms with Gasteiger partial charge in [-0.15, -0.1) is 11.3 Å². The highest BCUT2D eigenvalue weighted by atomic mass is 32.1. The predicted molar refractivity (Wildman–Crippen MR) is 101 cm³/mol. The summed E-state index contributed by atoms with van der Waals surface area (Å²) in [6, 6.07) is 5.45. The number of benzene rings is 1. The summed E-state index contributed by atoms with van der Waals surface area (Å²) in [6.07, 6.45) is 1.02. The summed E-state index contributed by atoms with van der Waals surface area (Å²) in [4.78, 5) is 21.5. The van der Waals surface area contributed by atoms with Crippen LogP contribution in [0.4, 0.5) is 10.8 Å². The summed E-state index contributed by atoms with van der Waals surface area (Å²) in [5.41, 5.74) is 1.79. The number of hydrogen-bond acceptors (Lipinski definition) is 7. The van der Waals surface area contributed by atoms with E-state index in [1.165, 1.54) is 0 Å². The molecule has 1 N–H and O–H groups in total. The molecule has 1 amide bonds. The highest BCUT2D eigenvalue weighted by molar-refractivity contribution is 7.13. The Hall–Kier alpha value is -2.32. The molecule has 4 rings (SSSR count). The van der Waals surface area contributed by atoms with Crippen molar-refractivity contribution in [3.8, 4) is 11.5 Å². The number of anilines is 2. The van der Waals surface area contributed by atoms with Crippen molar-refractivity contribution in [2.75, 3.05) is 49.7 Å². The number of rotatable bonds is 4. The first kappa shape index (κ1) is 17.1. The van der Waals surface area contributed by atoms with Crippen molar-refractivity contribution < 1.29 is 14.3 Å². The van der Waals surface area contributed by atoms with E-state index < -0.39 is 0 Å². The Labute approximate surface area is 156 Å². The standard InChI is InChI=1S/C18H22N4O3S/c1-13-11-26-18(19-13)22-6-2-5-21(7-8-22)10-17(23)20-14-3-4-15-16(9-14)25-12-24-15/h3-4,9,11H,2,5-8,10,12H2,1H3,(H,20,23). The zero-order valence-corrected chi connectivity index (χ0v) is 15.6. The van der Waals surface area contributed by atoms with Crippen LogP contribution in [0.3, 0.4) is 0 Å². The molecule has 0 unspecified atom stereocenters. The summed E-state index contributed by atoms with van der Waals surface area (Å²) >= 11 is 1.69. The molecule has 3 heterocycles. The average molecular weight is 374 g/mol. The van der Waals surface area contributed by atoms with Crippen LogP contribution in [0.2, 0.25) is 0 Å². The lowest BCUT2D eigenvalue weighted by Gasteiger charge is -2.21. The third kappa shape index (κ3) is 3.91. The van der Waals surface area contributed by atoms with E-state index in [9.17, 15) is 4.79 Å². The quantitative estimate of drug-likeness (QED) is 0.886. The van der Waals surface area contributed by atoms with Crippen molar-refractivity contribution in [1.29, 1.82) is 0 Å². The Morgan fingerprint density at radius 1 is 1.23 bits per heavy atom. The van der Waals surface area contributed by atoms with E-state index in [2.05, 4.69) is 25.5 Å². The highest BCUT2D eigenvalue weighted by Crippen LogP contribution is 2.34. The second-order valence-electron chi connectivity index (χ2n) is 6.50. The Balaban J connectivity index is 1.30. The number of ether oxygens (including phenoxy) is 2. The van der Waals surface area contributed by atoms with Gasteiger partial charge in [-0.25, -0.2) is 4.98 Å². The van der Waals surface area contributed by atoms with Crippen LogP contribution in [-0.4, -0.2) is 55.3 Å². The van der Waals surface area contributed by atoms with Gasteiger partial charge in [0.05, 0.1) is 12.2 Å². The molecule has 138 valence electrons. The van der Waals surface area contributed by atoms with Crippen molar-refractivity contribution in [2.45, 2.75) is 13.3 Å². The lowest BCUT2D eigenvalue weighted by molar-refractivity contribution is -0.117. The first-order chi connectivity index (χ1) is 12.7. The van der Waals surface area contributed by atoms with Crippen LogP contribution in [0.25, 0.3) is 0 Å². The van der Waals surface area contributed by atoms with Crippen LogP contribution >= 0.6 is 11.3 Å². The minimum absolute atomic E-state index is 0.0117. The van der Waals surface area contributed by atoms with Crippen molar-refractivity contribution in [1.82, 2.24) is 9.88 Å². The summed E-state index contributed by atoms with van der Waals surface area (Å²) in [7, 11) is 0. The average Bonchev–Trinajstić information content (AvgIpc) is 3.19. The van der Waals surface area contributed by atoms with Gasteiger partial charge >= 0.3 is 0 Å². The fourth-order valence-electron chi connectivity index (χ4n) is 3.19. The van der Waals surface area contributed by atoms with Gasteiger partial charge in [0.15, 0.2) is 16.6 Å². The van der Waals surface area contributed by atoms with Crippen molar-refractivity contribution in [2.24, 2.45) is 0 Å². The molecule has 1 fully saturated rings. The SMILES string of the molecule is Cc1csc(N2CCCN(CC(=O)Nc3ccc4c(c3)OCO4)CC2)n1. The monoisotopic (exact) mass is 374 g/mol. The van der Waals surface area contributed by atoms with E-state index in [4.69, 9.17) is 9.47 Å². The van der Waals surface area contributed by atoms with Gasteiger partial charge in [0.25, 0.3) is 0 Å². The van der Waals surface area contributed by atoms with Gasteiger partial charge in [0.2, 0.25) is 12.7 Å². The zero-order chi connectivity index (χ0) is 17.9. The first-order valence-electron chi connectivity index (χ1n) is 8.76.